The second kappa shape index (κ2) is 3.24. The maximum Gasteiger partial charge on any atom is 0.225 e. The van der Waals surface area contributed by atoms with Gasteiger partial charge in [-0.1, -0.05) is 12.1 Å². The van der Waals surface area contributed by atoms with Gasteiger partial charge < -0.3 is 0 Å². The average molecular weight is 245 g/mol. The molecule has 0 spiro atoms. The Kier molecular flexibility index (Phi) is 1.94. The third kappa shape index (κ3) is 1.26. The predicted octanol–water partition coefficient (Wildman–Crippen LogP) is 1.46. The van der Waals surface area contributed by atoms with Crippen molar-refractivity contribution in [2.45, 2.75) is 9.92 Å². The van der Waals surface area contributed by atoms with E-state index in [1.54, 1.807) is 18.2 Å². The van der Waals surface area contributed by atoms with E-state index < -0.39 is 9.84 Å². The van der Waals surface area contributed by atoms with Crippen LogP contribution in [0.5, 0.6) is 0 Å². The van der Waals surface area contributed by atoms with Gasteiger partial charge in [-0.05, 0) is 24.3 Å². The minimum absolute atomic E-state index is 0.0381. The molecule has 0 N–H and O–H groups in total. The highest BCUT2D eigenvalue weighted by atomic mass is 32.2. The van der Waals surface area contributed by atoms with Crippen LogP contribution in [0.25, 0.3) is 0 Å². The summed E-state index contributed by atoms with van der Waals surface area (Å²) in [4.78, 5) is 15.9. The molecule has 4 nitrogen and oxygen atoms in total. The van der Waals surface area contributed by atoms with E-state index in [4.69, 9.17) is 0 Å². The van der Waals surface area contributed by atoms with Crippen molar-refractivity contribution in [3.05, 3.63) is 53.7 Å². The van der Waals surface area contributed by atoms with Crippen LogP contribution >= 0.6 is 0 Å². The van der Waals surface area contributed by atoms with Crippen LogP contribution in [0.3, 0.4) is 0 Å². The average Bonchev–Trinajstić information content (AvgIpc) is 2.37. The summed E-state index contributed by atoms with van der Waals surface area (Å²) in [6.45, 7) is 0. The first kappa shape index (κ1) is 10.2. The number of nitrogens with zero attached hydrogens (tertiary/aromatic N) is 1. The normalized spacial score (nSPS) is 16.1. The number of hydrogen-bond donors (Lipinski definition) is 0. The molecule has 1 aliphatic heterocycles. The predicted molar refractivity (Wildman–Crippen MR) is 59.6 cm³/mol. The summed E-state index contributed by atoms with van der Waals surface area (Å²) in [6, 6.07) is 9.23. The first-order valence-corrected chi connectivity index (χ1v) is 6.44. The summed E-state index contributed by atoms with van der Waals surface area (Å²) in [5, 5.41) is -0.149. The van der Waals surface area contributed by atoms with Crippen molar-refractivity contribution in [3.63, 3.8) is 0 Å². The number of pyridine rings is 1. The lowest BCUT2D eigenvalue weighted by molar-refractivity contribution is 0.103. The standard InChI is InChI=1S/C12H7NO3S/c14-11-8-4-1-2-6-10(8)17(15,16)12-9(11)5-3-7-13-12/h1-7H. The summed E-state index contributed by atoms with van der Waals surface area (Å²) in [5.74, 6) is -0.293. The van der Waals surface area contributed by atoms with Crippen LogP contribution in [0.1, 0.15) is 15.9 Å². The minimum atomic E-state index is -3.67. The lowest BCUT2D eigenvalue weighted by Gasteiger charge is -2.16. The van der Waals surface area contributed by atoms with E-state index in [1.165, 1.54) is 24.4 Å². The van der Waals surface area contributed by atoms with Crippen molar-refractivity contribution in [1.82, 2.24) is 4.98 Å². The van der Waals surface area contributed by atoms with Gasteiger partial charge in [-0.2, -0.15) is 0 Å². The molecular weight excluding hydrogens is 238 g/mol. The molecule has 84 valence electrons. The molecule has 17 heavy (non-hydrogen) atoms. The van der Waals surface area contributed by atoms with E-state index >= 15 is 0 Å². The smallest absolute Gasteiger partial charge is 0.225 e. The highest BCUT2D eigenvalue weighted by molar-refractivity contribution is 7.91. The van der Waals surface area contributed by atoms with Gasteiger partial charge in [-0.15, -0.1) is 0 Å². The number of sulfone groups is 1. The van der Waals surface area contributed by atoms with Crippen LogP contribution in [-0.4, -0.2) is 19.2 Å². The van der Waals surface area contributed by atoms with Crippen molar-refractivity contribution in [3.8, 4) is 0 Å². The molecule has 1 aromatic heterocycles. The molecule has 0 radical (unpaired) electrons. The fourth-order valence-corrected chi connectivity index (χ4v) is 3.48. The Morgan fingerprint density at radius 2 is 1.65 bits per heavy atom. The second-order valence-corrected chi connectivity index (χ2v) is 5.52. The largest absolute Gasteiger partial charge is 0.288 e. The van der Waals surface area contributed by atoms with Gasteiger partial charge in [0.2, 0.25) is 9.84 Å². The number of carbonyl (C=O) groups is 1. The molecule has 0 fully saturated rings. The molecule has 1 aliphatic rings. The first-order valence-electron chi connectivity index (χ1n) is 4.96. The Balaban J connectivity index is 2.47. The molecule has 0 amide bonds. The highest BCUT2D eigenvalue weighted by Gasteiger charge is 2.35. The number of ketones is 1. The Hall–Kier alpha value is -2.01. The lowest BCUT2D eigenvalue weighted by atomic mass is 10.0. The summed E-state index contributed by atoms with van der Waals surface area (Å²) < 4.78 is 24.5. The van der Waals surface area contributed by atoms with Gasteiger partial charge in [-0.25, -0.2) is 13.4 Å². The third-order valence-electron chi connectivity index (χ3n) is 2.69. The van der Waals surface area contributed by atoms with Crippen LogP contribution in [-0.2, 0) is 9.84 Å². The zero-order chi connectivity index (χ0) is 12.0. The number of fused-ring (bicyclic) bond motifs is 2. The minimum Gasteiger partial charge on any atom is -0.288 e. The van der Waals surface area contributed by atoms with Crippen LogP contribution in [0.2, 0.25) is 0 Å². The fraction of sp³-hybridized carbons (Fsp3) is 0. The Labute approximate surface area is 97.9 Å². The summed E-state index contributed by atoms with van der Waals surface area (Å²) in [6.07, 6.45) is 1.37. The molecule has 0 unspecified atom stereocenters. The van der Waals surface area contributed by atoms with Crippen LogP contribution in [0, 0.1) is 0 Å². The maximum atomic E-state index is 12.2. The van der Waals surface area contributed by atoms with Crippen LogP contribution < -0.4 is 0 Å². The second-order valence-electron chi connectivity index (χ2n) is 3.68. The van der Waals surface area contributed by atoms with Gasteiger partial charge in [-0.3, -0.25) is 4.79 Å². The topological polar surface area (TPSA) is 64.1 Å². The number of carbonyl (C=O) groups excluding carboxylic acids is 1. The van der Waals surface area contributed by atoms with Gasteiger partial charge in [0, 0.05) is 11.8 Å². The summed E-state index contributed by atoms with van der Waals surface area (Å²) in [5.41, 5.74) is 0.360. The van der Waals surface area contributed by atoms with E-state index in [9.17, 15) is 13.2 Å². The zero-order valence-electron chi connectivity index (χ0n) is 8.62. The van der Waals surface area contributed by atoms with Crippen LogP contribution in [0.4, 0.5) is 0 Å². The molecular formula is C12H7NO3S. The molecule has 0 bridgehead atoms. The van der Waals surface area contributed by atoms with Crippen molar-refractivity contribution in [2.75, 3.05) is 0 Å². The van der Waals surface area contributed by atoms with Crippen LogP contribution in [0.15, 0.2) is 52.5 Å². The number of aromatic nitrogens is 1. The molecule has 0 atom stereocenters. The van der Waals surface area contributed by atoms with Gasteiger partial charge in [0.15, 0.2) is 10.8 Å². The SMILES string of the molecule is O=C1c2ccccc2S(=O)(=O)c2ncccc21. The van der Waals surface area contributed by atoms with E-state index in [2.05, 4.69) is 4.98 Å². The third-order valence-corrected chi connectivity index (χ3v) is 4.46. The molecule has 5 heteroatoms. The highest BCUT2D eigenvalue weighted by Crippen LogP contribution is 2.32. The van der Waals surface area contributed by atoms with E-state index in [1.807, 2.05) is 0 Å². The van der Waals surface area contributed by atoms with E-state index in [-0.39, 0.29) is 26.8 Å². The Morgan fingerprint density at radius 1 is 0.941 bits per heavy atom. The van der Waals surface area contributed by atoms with Crippen molar-refractivity contribution >= 4 is 15.6 Å². The van der Waals surface area contributed by atoms with Crippen molar-refractivity contribution in [2.24, 2.45) is 0 Å². The van der Waals surface area contributed by atoms with E-state index in [0.29, 0.717) is 0 Å². The van der Waals surface area contributed by atoms with Gasteiger partial charge in [0.05, 0.1) is 10.5 Å². The molecule has 2 aromatic rings. The summed E-state index contributed by atoms with van der Waals surface area (Å²) >= 11 is 0. The number of benzene rings is 1. The monoisotopic (exact) mass is 245 g/mol. The van der Waals surface area contributed by atoms with Crippen molar-refractivity contribution in [1.29, 1.82) is 0 Å². The Morgan fingerprint density at radius 3 is 2.47 bits per heavy atom. The lowest BCUT2D eigenvalue weighted by Crippen LogP contribution is -2.21. The first-order chi connectivity index (χ1) is 8.12. The number of hydrogen-bond acceptors (Lipinski definition) is 4. The van der Waals surface area contributed by atoms with Gasteiger partial charge in [0.25, 0.3) is 0 Å². The fourth-order valence-electron chi connectivity index (χ4n) is 1.92. The molecule has 0 saturated heterocycles. The molecule has 0 aliphatic carbocycles. The Bertz CT molecular complexity index is 679. The zero-order valence-corrected chi connectivity index (χ0v) is 9.44. The molecule has 0 saturated carbocycles. The molecule has 3 rings (SSSR count). The quantitative estimate of drug-likeness (QED) is 0.601. The van der Waals surface area contributed by atoms with Gasteiger partial charge in [0.1, 0.15) is 0 Å². The number of rotatable bonds is 0. The molecule has 1 aromatic carbocycles. The summed E-state index contributed by atoms with van der Waals surface area (Å²) in [7, 11) is -3.67. The van der Waals surface area contributed by atoms with Crippen molar-refractivity contribution < 1.29 is 13.2 Å². The maximum absolute atomic E-state index is 12.2. The molecule has 2 heterocycles. The van der Waals surface area contributed by atoms with Gasteiger partial charge >= 0.3 is 0 Å². The van der Waals surface area contributed by atoms with E-state index in [0.717, 1.165) is 0 Å².